The van der Waals surface area contributed by atoms with Crippen LogP contribution in [0.15, 0.2) is 30.5 Å². The van der Waals surface area contributed by atoms with Crippen molar-refractivity contribution in [3.05, 3.63) is 41.3 Å². The molecule has 2 aromatic rings. The molecule has 6 heteroatoms. The molecule has 0 aliphatic carbocycles. The van der Waals surface area contributed by atoms with Gasteiger partial charge >= 0.3 is 0 Å². The van der Waals surface area contributed by atoms with Crippen LogP contribution >= 0.6 is 11.6 Å². The number of hydrogen-bond donors (Lipinski definition) is 0. The molecule has 2 aromatic heterocycles. The molecule has 116 valence electrons. The molecule has 0 radical (unpaired) electrons. The largest absolute Gasteiger partial charge is 0.375 e. The molecule has 0 saturated carbocycles. The van der Waals surface area contributed by atoms with E-state index in [9.17, 15) is 4.79 Å². The molecule has 2 atom stereocenters. The highest BCUT2D eigenvalue weighted by Crippen LogP contribution is 2.19. The Morgan fingerprint density at radius 3 is 3.09 bits per heavy atom. The van der Waals surface area contributed by atoms with Crippen LogP contribution in [0.5, 0.6) is 0 Å². The number of imidazole rings is 1. The van der Waals surface area contributed by atoms with E-state index in [0.29, 0.717) is 24.0 Å². The van der Waals surface area contributed by atoms with Crippen molar-refractivity contribution in [3.8, 4) is 0 Å². The predicted molar refractivity (Wildman–Crippen MR) is 85.8 cm³/mol. The monoisotopic (exact) mass is 319 g/mol. The zero-order chi connectivity index (χ0) is 15.7. The molecule has 0 bridgehead atoms. The normalized spacial score (nSPS) is 22.6. The van der Waals surface area contributed by atoms with Crippen molar-refractivity contribution < 1.29 is 9.53 Å². The van der Waals surface area contributed by atoms with Crippen LogP contribution in [0.2, 0.25) is 5.15 Å². The minimum absolute atomic E-state index is 0.0374. The van der Waals surface area contributed by atoms with Crippen molar-refractivity contribution in [1.29, 1.82) is 0 Å². The molecular formula is C16H18ClN3O2. The van der Waals surface area contributed by atoms with Crippen LogP contribution in [-0.4, -0.2) is 45.5 Å². The highest BCUT2D eigenvalue weighted by Gasteiger charge is 2.26. The van der Waals surface area contributed by atoms with E-state index >= 15 is 0 Å². The van der Waals surface area contributed by atoms with Gasteiger partial charge in [0.2, 0.25) is 5.91 Å². The summed E-state index contributed by atoms with van der Waals surface area (Å²) >= 11 is 6.16. The van der Waals surface area contributed by atoms with Gasteiger partial charge in [-0.15, -0.1) is 0 Å². The summed E-state index contributed by atoms with van der Waals surface area (Å²) in [5.74, 6) is -0.0374. The average molecular weight is 320 g/mol. The number of hydrogen-bond acceptors (Lipinski definition) is 3. The van der Waals surface area contributed by atoms with Gasteiger partial charge in [-0.1, -0.05) is 17.7 Å². The van der Waals surface area contributed by atoms with Gasteiger partial charge in [0.05, 0.1) is 24.4 Å². The Hall–Kier alpha value is -1.85. The van der Waals surface area contributed by atoms with Gasteiger partial charge in [0, 0.05) is 18.8 Å². The maximum atomic E-state index is 12.4. The number of pyridine rings is 1. The Bertz CT molecular complexity index is 725. The fourth-order valence-electron chi connectivity index (χ4n) is 2.59. The molecule has 1 aliphatic heterocycles. The summed E-state index contributed by atoms with van der Waals surface area (Å²) in [6.07, 6.45) is 5.21. The maximum absolute atomic E-state index is 12.4. The first-order valence-electron chi connectivity index (χ1n) is 7.29. The van der Waals surface area contributed by atoms with E-state index in [1.165, 1.54) is 0 Å². The number of carbonyl (C=O) groups excluding carboxylic acids is 1. The van der Waals surface area contributed by atoms with Crippen molar-refractivity contribution in [2.75, 3.05) is 13.2 Å². The molecule has 2 unspecified atom stereocenters. The molecule has 0 N–H and O–H groups in total. The number of fused-ring (bicyclic) bond motifs is 1. The predicted octanol–water partition coefficient (Wildman–Crippen LogP) is 2.64. The summed E-state index contributed by atoms with van der Waals surface area (Å²) in [6, 6.07) is 5.74. The second kappa shape index (κ2) is 6.10. The summed E-state index contributed by atoms with van der Waals surface area (Å²) in [6.45, 7) is 5.12. The van der Waals surface area contributed by atoms with Gasteiger partial charge in [-0.3, -0.25) is 9.20 Å². The summed E-state index contributed by atoms with van der Waals surface area (Å²) in [4.78, 5) is 18.5. The number of carbonyl (C=O) groups is 1. The topological polar surface area (TPSA) is 46.8 Å². The van der Waals surface area contributed by atoms with Gasteiger partial charge in [0.15, 0.2) is 5.15 Å². The highest BCUT2D eigenvalue weighted by molar-refractivity contribution is 6.31. The third-order valence-electron chi connectivity index (χ3n) is 3.80. The second-order valence-electron chi connectivity index (χ2n) is 5.53. The maximum Gasteiger partial charge on any atom is 0.247 e. The number of ether oxygens (including phenoxy) is 1. The van der Waals surface area contributed by atoms with Gasteiger partial charge in [0.25, 0.3) is 0 Å². The standard InChI is InChI=1S/C16H18ClN3O2/c1-11-10-22-12(2)9-20(11)15(21)7-6-13-16(17)18-14-5-3-4-8-19(13)14/h3-8,11-12H,9-10H2,1-2H3/b7-6+. The zero-order valence-electron chi connectivity index (χ0n) is 12.6. The Labute approximate surface area is 134 Å². The molecule has 5 nitrogen and oxygen atoms in total. The van der Waals surface area contributed by atoms with Crippen LogP contribution in [0, 0.1) is 0 Å². The number of halogens is 1. The van der Waals surface area contributed by atoms with Crippen molar-refractivity contribution in [1.82, 2.24) is 14.3 Å². The van der Waals surface area contributed by atoms with E-state index in [0.717, 1.165) is 5.65 Å². The summed E-state index contributed by atoms with van der Waals surface area (Å²) in [5, 5.41) is 0.388. The molecule has 3 rings (SSSR count). The van der Waals surface area contributed by atoms with Crippen molar-refractivity contribution in [3.63, 3.8) is 0 Å². The highest BCUT2D eigenvalue weighted by atomic mass is 35.5. The van der Waals surface area contributed by atoms with Crippen molar-refractivity contribution in [2.45, 2.75) is 26.0 Å². The zero-order valence-corrected chi connectivity index (χ0v) is 13.3. The van der Waals surface area contributed by atoms with Gasteiger partial charge in [-0.05, 0) is 32.1 Å². The Morgan fingerprint density at radius 2 is 2.27 bits per heavy atom. The molecule has 3 heterocycles. The lowest BCUT2D eigenvalue weighted by atomic mass is 10.2. The smallest absolute Gasteiger partial charge is 0.247 e. The van der Waals surface area contributed by atoms with Crippen molar-refractivity contribution in [2.24, 2.45) is 0 Å². The molecule has 1 saturated heterocycles. The van der Waals surface area contributed by atoms with Gasteiger partial charge in [-0.2, -0.15) is 0 Å². The first-order chi connectivity index (χ1) is 10.6. The van der Waals surface area contributed by atoms with E-state index < -0.39 is 0 Å². The summed E-state index contributed by atoms with van der Waals surface area (Å²) in [7, 11) is 0. The fraction of sp³-hybridized carbons (Fsp3) is 0.375. The number of morpholine rings is 1. The lowest BCUT2D eigenvalue weighted by molar-refractivity contribution is -0.137. The van der Waals surface area contributed by atoms with Crippen LogP contribution in [0.4, 0.5) is 0 Å². The number of rotatable bonds is 2. The number of aromatic nitrogens is 2. The lowest BCUT2D eigenvalue weighted by Crippen LogP contribution is -2.49. The molecule has 1 aliphatic rings. The van der Waals surface area contributed by atoms with Crippen LogP contribution < -0.4 is 0 Å². The molecule has 1 fully saturated rings. The first-order valence-corrected chi connectivity index (χ1v) is 7.67. The van der Waals surface area contributed by atoms with Gasteiger partial charge in [0.1, 0.15) is 5.65 Å². The van der Waals surface area contributed by atoms with Gasteiger partial charge < -0.3 is 9.64 Å². The van der Waals surface area contributed by atoms with Crippen LogP contribution in [0.25, 0.3) is 11.7 Å². The Morgan fingerprint density at radius 1 is 1.45 bits per heavy atom. The minimum Gasteiger partial charge on any atom is -0.375 e. The summed E-state index contributed by atoms with van der Waals surface area (Å²) < 4.78 is 7.40. The summed E-state index contributed by atoms with van der Waals surface area (Å²) in [5.41, 5.74) is 1.47. The van der Waals surface area contributed by atoms with Crippen LogP contribution in [0.1, 0.15) is 19.5 Å². The molecule has 0 aromatic carbocycles. The van der Waals surface area contributed by atoms with Gasteiger partial charge in [-0.25, -0.2) is 4.98 Å². The minimum atomic E-state index is -0.0374. The molecule has 22 heavy (non-hydrogen) atoms. The Kier molecular flexibility index (Phi) is 4.18. The SMILES string of the molecule is CC1CN(C(=O)/C=C/c2c(Cl)nc3ccccn23)C(C)CO1. The van der Waals surface area contributed by atoms with E-state index in [4.69, 9.17) is 16.3 Å². The third kappa shape index (κ3) is 2.87. The van der Waals surface area contributed by atoms with Crippen LogP contribution in [-0.2, 0) is 9.53 Å². The Balaban J connectivity index is 1.83. The van der Waals surface area contributed by atoms with E-state index in [2.05, 4.69) is 4.98 Å². The first kappa shape index (κ1) is 15.1. The van der Waals surface area contributed by atoms with E-state index in [-0.39, 0.29) is 18.1 Å². The fourth-order valence-corrected chi connectivity index (χ4v) is 2.83. The third-order valence-corrected chi connectivity index (χ3v) is 4.07. The molecular weight excluding hydrogens is 302 g/mol. The molecule has 1 amide bonds. The average Bonchev–Trinajstić information content (AvgIpc) is 2.82. The second-order valence-corrected chi connectivity index (χ2v) is 5.89. The van der Waals surface area contributed by atoms with Crippen molar-refractivity contribution >= 4 is 29.2 Å². The van der Waals surface area contributed by atoms with Crippen LogP contribution in [0.3, 0.4) is 0 Å². The molecule has 0 spiro atoms. The quantitative estimate of drug-likeness (QED) is 0.799. The van der Waals surface area contributed by atoms with E-state index in [1.807, 2.05) is 47.5 Å². The number of nitrogens with zero attached hydrogens (tertiary/aromatic N) is 3. The van der Waals surface area contributed by atoms with E-state index in [1.54, 1.807) is 12.2 Å². The lowest BCUT2D eigenvalue weighted by Gasteiger charge is -2.36. The number of amides is 1.